The average Bonchev–Trinajstić information content (AvgIpc) is 2.52. The zero-order chi connectivity index (χ0) is 16.2. The van der Waals surface area contributed by atoms with E-state index in [1.807, 2.05) is 30.3 Å². The van der Waals surface area contributed by atoms with Gasteiger partial charge in [-0.25, -0.2) is 9.18 Å². The van der Waals surface area contributed by atoms with Gasteiger partial charge in [-0.2, -0.15) is 0 Å². The van der Waals surface area contributed by atoms with Crippen molar-refractivity contribution in [1.82, 2.24) is 0 Å². The molecule has 0 aliphatic rings. The molecule has 0 saturated carbocycles. The third kappa shape index (κ3) is 3.43. The monoisotopic (exact) mass is 304 g/mol. The van der Waals surface area contributed by atoms with Gasteiger partial charge in [0.05, 0.1) is 0 Å². The van der Waals surface area contributed by atoms with Crippen LogP contribution in [-0.2, 0) is 17.0 Å². The minimum atomic E-state index is -2.13. The number of rotatable bonds is 6. The molecule has 0 spiro atoms. The Bertz CT molecular complexity index is 657. The molecule has 0 heterocycles. The summed E-state index contributed by atoms with van der Waals surface area (Å²) < 4.78 is 19.2. The summed E-state index contributed by atoms with van der Waals surface area (Å²) in [4.78, 5) is 11.2. The van der Waals surface area contributed by atoms with E-state index in [1.54, 1.807) is 0 Å². The summed E-state index contributed by atoms with van der Waals surface area (Å²) >= 11 is 0. The van der Waals surface area contributed by atoms with Gasteiger partial charge >= 0.3 is 5.97 Å². The van der Waals surface area contributed by atoms with Crippen LogP contribution in [0.4, 0.5) is 4.39 Å². The Morgan fingerprint density at radius 3 is 2.50 bits per heavy atom. The minimum absolute atomic E-state index is 0.0365. The first-order valence-electron chi connectivity index (χ1n) is 6.89. The van der Waals surface area contributed by atoms with Crippen LogP contribution >= 0.6 is 0 Å². The maximum absolute atomic E-state index is 13.7. The van der Waals surface area contributed by atoms with Gasteiger partial charge in [-0.3, -0.25) is 0 Å². The van der Waals surface area contributed by atoms with Gasteiger partial charge in [0.2, 0.25) is 0 Å². The Morgan fingerprint density at radius 2 is 1.91 bits per heavy atom. The molecule has 116 valence electrons. The van der Waals surface area contributed by atoms with Gasteiger partial charge in [-0.15, -0.1) is 0 Å². The summed E-state index contributed by atoms with van der Waals surface area (Å²) in [7, 11) is 0. The molecule has 0 radical (unpaired) electrons. The largest absolute Gasteiger partial charge is 0.489 e. The first kappa shape index (κ1) is 16.0. The van der Waals surface area contributed by atoms with E-state index in [9.17, 15) is 14.3 Å². The van der Waals surface area contributed by atoms with Crippen LogP contribution in [0.5, 0.6) is 5.75 Å². The molecule has 2 aromatic carbocycles. The van der Waals surface area contributed by atoms with E-state index in [2.05, 4.69) is 0 Å². The van der Waals surface area contributed by atoms with E-state index in [0.29, 0.717) is 0 Å². The molecule has 1 atom stereocenters. The summed E-state index contributed by atoms with van der Waals surface area (Å²) in [5.74, 6) is -1.91. The molecule has 22 heavy (non-hydrogen) atoms. The molecule has 0 aliphatic heterocycles. The fourth-order valence-corrected chi connectivity index (χ4v) is 2.10. The maximum Gasteiger partial charge on any atom is 0.340 e. The van der Waals surface area contributed by atoms with Gasteiger partial charge in [0, 0.05) is 11.6 Å². The van der Waals surface area contributed by atoms with Crippen LogP contribution < -0.4 is 4.74 Å². The van der Waals surface area contributed by atoms with Gasteiger partial charge in [0.1, 0.15) is 18.2 Å². The van der Waals surface area contributed by atoms with E-state index < -0.39 is 17.4 Å². The number of hydrogen-bond donors (Lipinski definition) is 2. The highest BCUT2D eigenvalue weighted by atomic mass is 19.1. The second-order valence-corrected chi connectivity index (χ2v) is 4.97. The number of ether oxygens (including phenoxy) is 1. The molecule has 0 saturated heterocycles. The molecule has 4 nitrogen and oxygen atoms in total. The van der Waals surface area contributed by atoms with Crippen molar-refractivity contribution in [2.45, 2.75) is 25.6 Å². The lowest BCUT2D eigenvalue weighted by Gasteiger charge is -2.22. The number of carbonyl (C=O) groups is 1. The molecule has 1 unspecified atom stereocenters. The fourth-order valence-electron chi connectivity index (χ4n) is 2.10. The van der Waals surface area contributed by atoms with Gasteiger partial charge < -0.3 is 14.9 Å². The smallest absolute Gasteiger partial charge is 0.340 e. The highest BCUT2D eigenvalue weighted by Gasteiger charge is 2.36. The molecular weight excluding hydrogens is 287 g/mol. The van der Waals surface area contributed by atoms with Gasteiger partial charge in [-0.1, -0.05) is 37.3 Å². The van der Waals surface area contributed by atoms with Crippen molar-refractivity contribution < 1.29 is 24.1 Å². The third-order valence-electron chi connectivity index (χ3n) is 3.46. The quantitative estimate of drug-likeness (QED) is 0.860. The number of aliphatic carboxylic acids is 1. The Morgan fingerprint density at radius 1 is 1.23 bits per heavy atom. The normalized spacial score (nSPS) is 13.4. The van der Waals surface area contributed by atoms with E-state index >= 15 is 0 Å². The lowest BCUT2D eigenvalue weighted by molar-refractivity contribution is -0.160. The Balaban J connectivity index is 2.25. The first-order valence-corrected chi connectivity index (χ1v) is 6.89. The molecule has 0 aromatic heterocycles. The van der Waals surface area contributed by atoms with Crippen molar-refractivity contribution in [1.29, 1.82) is 0 Å². The first-order chi connectivity index (χ1) is 10.5. The fraction of sp³-hybridized carbons (Fsp3) is 0.235. The number of benzene rings is 2. The predicted octanol–water partition coefficient (Wildman–Crippen LogP) is 3.09. The molecule has 2 aromatic rings. The minimum Gasteiger partial charge on any atom is -0.489 e. The zero-order valence-corrected chi connectivity index (χ0v) is 12.1. The van der Waals surface area contributed by atoms with Crippen LogP contribution in [0.25, 0.3) is 0 Å². The number of aliphatic hydroxyl groups is 1. The van der Waals surface area contributed by atoms with E-state index in [1.165, 1.54) is 13.0 Å². The molecule has 0 bridgehead atoms. The van der Waals surface area contributed by atoms with E-state index in [4.69, 9.17) is 9.84 Å². The Labute approximate surface area is 127 Å². The third-order valence-corrected chi connectivity index (χ3v) is 3.46. The topological polar surface area (TPSA) is 66.8 Å². The van der Waals surface area contributed by atoms with Gasteiger partial charge in [0.15, 0.2) is 5.60 Å². The molecule has 0 aliphatic carbocycles. The maximum atomic E-state index is 13.7. The number of hydrogen-bond acceptors (Lipinski definition) is 3. The number of halogens is 1. The molecule has 5 heteroatoms. The van der Waals surface area contributed by atoms with Crippen molar-refractivity contribution in [2.75, 3.05) is 0 Å². The van der Waals surface area contributed by atoms with Crippen LogP contribution in [0.1, 0.15) is 24.5 Å². The molecular formula is C17H17FO4. The zero-order valence-electron chi connectivity index (χ0n) is 12.1. The SMILES string of the molecule is CCC(O)(C(=O)O)c1cc(F)cc(OCc2ccccc2)c1. The summed E-state index contributed by atoms with van der Waals surface area (Å²) in [6, 6.07) is 12.8. The summed E-state index contributed by atoms with van der Waals surface area (Å²) in [5, 5.41) is 19.3. The predicted molar refractivity (Wildman–Crippen MR) is 79.0 cm³/mol. The van der Waals surface area contributed by atoms with Crippen molar-refractivity contribution in [3.8, 4) is 5.75 Å². The lowest BCUT2D eigenvalue weighted by atomic mass is 9.91. The van der Waals surface area contributed by atoms with Crippen molar-refractivity contribution in [3.05, 3.63) is 65.5 Å². The highest BCUT2D eigenvalue weighted by Crippen LogP contribution is 2.29. The summed E-state index contributed by atoms with van der Waals surface area (Å²) in [5.41, 5.74) is -1.27. The molecule has 2 rings (SSSR count). The van der Waals surface area contributed by atoms with Crippen LogP contribution in [-0.4, -0.2) is 16.2 Å². The van der Waals surface area contributed by atoms with E-state index in [-0.39, 0.29) is 24.3 Å². The Hall–Kier alpha value is -2.40. The molecule has 0 fully saturated rings. The standard InChI is InChI=1S/C17H17FO4/c1-2-17(21,16(19)20)13-8-14(18)10-15(9-13)22-11-12-6-4-3-5-7-12/h3-10,21H,2,11H2,1H3,(H,19,20). The van der Waals surface area contributed by atoms with Crippen LogP contribution in [0.3, 0.4) is 0 Å². The number of carboxylic acid groups (broad SMARTS) is 1. The number of carboxylic acids is 1. The van der Waals surface area contributed by atoms with Crippen LogP contribution in [0, 0.1) is 5.82 Å². The van der Waals surface area contributed by atoms with Gasteiger partial charge in [-0.05, 0) is 24.1 Å². The lowest BCUT2D eigenvalue weighted by Crippen LogP contribution is -2.34. The van der Waals surface area contributed by atoms with E-state index in [0.717, 1.165) is 17.7 Å². The average molecular weight is 304 g/mol. The molecule has 0 amide bonds. The second kappa shape index (κ2) is 6.58. The molecule has 2 N–H and O–H groups in total. The van der Waals surface area contributed by atoms with Crippen molar-refractivity contribution in [2.24, 2.45) is 0 Å². The van der Waals surface area contributed by atoms with Crippen molar-refractivity contribution >= 4 is 5.97 Å². The summed E-state index contributed by atoms with van der Waals surface area (Å²) in [6.45, 7) is 1.74. The highest BCUT2D eigenvalue weighted by molar-refractivity contribution is 5.79. The van der Waals surface area contributed by atoms with Gasteiger partial charge in [0.25, 0.3) is 0 Å². The van der Waals surface area contributed by atoms with Crippen LogP contribution in [0.15, 0.2) is 48.5 Å². The Kier molecular flexibility index (Phi) is 4.78. The summed E-state index contributed by atoms with van der Waals surface area (Å²) in [6.07, 6.45) is -0.0795. The second-order valence-electron chi connectivity index (χ2n) is 4.97. The van der Waals surface area contributed by atoms with Crippen molar-refractivity contribution in [3.63, 3.8) is 0 Å². The van der Waals surface area contributed by atoms with Crippen LogP contribution in [0.2, 0.25) is 0 Å².